The number of likely N-dealkylation sites (N-methyl/N-ethyl adjacent to an activating group) is 1. The molecule has 39 heavy (non-hydrogen) atoms. The number of aromatic amines is 1. The highest BCUT2D eigenvalue weighted by atomic mass is 16.5. The molecule has 5 aromatic rings. The molecule has 1 saturated carbocycles. The number of ether oxygens (including phenoxy) is 1. The highest BCUT2D eigenvalue weighted by Gasteiger charge is 2.29. The maximum absolute atomic E-state index is 5.87. The number of benzene rings is 2. The second-order valence-electron chi connectivity index (χ2n) is 10.8. The molecule has 1 N–H and O–H groups in total. The number of H-pyrrole nitrogens is 1. The lowest BCUT2D eigenvalue weighted by Crippen LogP contribution is -2.30. The standard InChI is InChI=1S/C30H34N8O/c1-5-38-13-12-25-24(17-38)32-30(36(25)2)21-10-8-20(14-26(21)39-4)29-33-27(37(3)35-29)15-19-9-11-23-22(16-31-34-23)28(19)18-6-7-18/h8-11,14,16,18H,5-7,12-13,15,17H2,1-4H3,(H,31,34). The minimum atomic E-state index is 0.618. The van der Waals surface area contributed by atoms with E-state index in [4.69, 9.17) is 19.8 Å². The summed E-state index contributed by atoms with van der Waals surface area (Å²) in [5, 5.41) is 13.4. The monoisotopic (exact) mass is 522 g/mol. The molecule has 2 aromatic carbocycles. The molecular weight excluding hydrogens is 488 g/mol. The lowest BCUT2D eigenvalue weighted by molar-refractivity contribution is 0.262. The van der Waals surface area contributed by atoms with Crippen molar-refractivity contribution in [3.8, 4) is 28.5 Å². The first kappa shape index (κ1) is 24.1. The van der Waals surface area contributed by atoms with Crippen molar-refractivity contribution < 1.29 is 4.74 Å². The van der Waals surface area contributed by atoms with E-state index in [-0.39, 0.29) is 0 Å². The van der Waals surface area contributed by atoms with E-state index in [0.717, 1.165) is 66.5 Å². The number of methoxy groups -OCH3 is 1. The molecule has 1 aliphatic carbocycles. The molecule has 0 saturated heterocycles. The van der Waals surface area contributed by atoms with Gasteiger partial charge in [0.15, 0.2) is 5.82 Å². The molecule has 1 aliphatic heterocycles. The van der Waals surface area contributed by atoms with Crippen LogP contribution in [0, 0.1) is 0 Å². The summed E-state index contributed by atoms with van der Waals surface area (Å²) < 4.78 is 10.00. The van der Waals surface area contributed by atoms with Gasteiger partial charge in [-0.15, -0.1) is 0 Å². The molecule has 2 aliphatic rings. The number of hydrogen-bond donors (Lipinski definition) is 1. The van der Waals surface area contributed by atoms with Crippen LogP contribution in [0.5, 0.6) is 5.75 Å². The van der Waals surface area contributed by atoms with E-state index in [1.54, 1.807) is 7.11 Å². The summed E-state index contributed by atoms with van der Waals surface area (Å²) in [5.41, 5.74) is 8.22. The molecule has 7 rings (SSSR count). The Morgan fingerprint density at radius 1 is 1.10 bits per heavy atom. The number of imidazole rings is 1. The average Bonchev–Trinajstić information content (AvgIpc) is 3.42. The van der Waals surface area contributed by atoms with E-state index in [1.807, 2.05) is 24.0 Å². The van der Waals surface area contributed by atoms with E-state index in [1.165, 1.54) is 40.7 Å². The lowest BCUT2D eigenvalue weighted by Gasteiger charge is -2.24. The van der Waals surface area contributed by atoms with E-state index >= 15 is 0 Å². The predicted molar refractivity (Wildman–Crippen MR) is 151 cm³/mol. The number of hydrogen-bond acceptors (Lipinski definition) is 6. The molecule has 200 valence electrons. The number of fused-ring (bicyclic) bond motifs is 2. The normalized spacial score (nSPS) is 15.7. The molecule has 9 nitrogen and oxygen atoms in total. The maximum Gasteiger partial charge on any atom is 0.181 e. The van der Waals surface area contributed by atoms with E-state index in [2.05, 4.69) is 57.9 Å². The van der Waals surface area contributed by atoms with Crippen LogP contribution in [0.3, 0.4) is 0 Å². The minimum Gasteiger partial charge on any atom is -0.496 e. The van der Waals surface area contributed by atoms with Crippen molar-refractivity contribution in [1.82, 2.24) is 39.4 Å². The third-order valence-corrected chi connectivity index (χ3v) is 8.43. The van der Waals surface area contributed by atoms with Gasteiger partial charge in [0.1, 0.15) is 17.4 Å². The van der Waals surface area contributed by atoms with Crippen LogP contribution in [0.4, 0.5) is 0 Å². The van der Waals surface area contributed by atoms with Crippen molar-refractivity contribution in [2.75, 3.05) is 20.2 Å². The molecular formula is C30H34N8O. The molecule has 1 fully saturated rings. The van der Waals surface area contributed by atoms with Crippen LogP contribution in [0.2, 0.25) is 0 Å². The molecule has 3 aromatic heterocycles. The Kier molecular flexibility index (Phi) is 5.77. The zero-order valence-corrected chi connectivity index (χ0v) is 23.0. The second-order valence-corrected chi connectivity index (χ2v) is 10.8. The van der Waals surface area contributed by atoms with Crippen molar-refractivity contribution in [2.45, 2.75) is 45.1 Å². The van der Waals surface area contributed by atoms with Crippen molar-refractivity contribution in [2.24, 2.45) is 14.1 Å². The van der Waals surface area contributed by atoms with Crippen molar-refractivity contribution in [3.63, 3.8) is 0 Å². The first-order valence-corrected chi connectivity index (χ1v) is 13.8. The van der Waals surface area contributed by atoms with E-state index < -0.39 is 0 Å². The first-order valence-electron chi connectivity index (χ1n) is 13.8. The largest absolute Gasteiger partial charge is 0.496 e. The summed E-state index contributed by atoms with van der Waals surface area (Å²) in [6, 6.07) is 10.5. The predicted octanol–water partition coefficient (Wildman–Crippen LogP) is 4.61. The molecule has 9 heteroatoms. The lowest BCUT2D eigenvalue weighted by atomic mass is 9.96. The van der Waals surface area contributed by atoms with Gasteiger partial charge in [-0.2, -0.15) is 10.2 Å². The number of aryl methyl sites for hydroxylation is 1. The summed E-state index contributed by atoms with van der Waals surface area (Å²) in [7, 11) is 5.80. The highest BCUT2D eigenvalue weighted by Crippen LogP contribution is 2.45. The Morgan fingerprint density at radius 3 is 2.77 bits per heavy atom. The van der Waals surface area contributed by atoms with Gasteiger partial charge in [0.25, 0.3) is 0 Å². The number of aromatic nitrogens is 7. The van der Waals surface area contributed by atoms with Crippen LogP contribution in [0.15, 0.2) is 36.5 Å². The van der Waals surface area contributed by atoms with Gasteiger partial charge in [0.2, 0.25) is 0 Å². The Morgan fingerprint density at radius 2 is 1.97 bits per heavy atom. The zero-order chi connectivity index (χ0) is 26.7. The van der Waals surface area contributed by atoms with Gasteiger partial charge in [0, 0.05) is 56.7 Å². The molecule has 0 radical (unpaired) electrons. The topological polar surface area (TPSA) is 89.7 Å². The summed E-state index contributed by atoms with van der Waals surface area (Å²) in [6.45, 7) is 5.22. The van der Waals surface area contributed by atoms with Crippen LogP contribution in [0.1, 0.15) is 54.0 Å². The highest BCUT2D eigenvalue weighted by molar-refractivity contribution is 5.84. The molecule has 0 amide bonds. The van der Waals surface area contributed by atoms with Gasteiger partial charge in [-0.05, 0) is 54.6 Å². The summed E-state index contributed by atoms with van der Waals surface area (Å²) in [4.78, 5) is 12.5. The second kappa shape index (κ2) is 9.34. The van der Waals surface area contributed by atoms with Crippen LogP contribution in [-0.2, 0) is 33.5 Å². The van der Waals surface area contributed by atoms with Gasteiger partial charge in [-0.3, -0.25) is 14.7 Å². The van der Waals surface area contributed by atoms with Crippen LogP contribution < -0.4 is 4.74 Å². The molecule has 4 heterocycles. The maximum atomic E-state index is 5.87. The molecule has 0 unspecified atom stereocenters. The van der Waals surface area contributed by atoms with Gasteiger partial charge < -0.3 is 9.30 Å². The number of rotatable bonds is 7. The van der Waals surface area contributed by atoms with Gasteiger partial charge in [-0.1, -0.05) is 19.1 Å². The summed E-state index contributed by atoms with van der Waals surface area (Å²) in [5.74, 6) is 3.98. The number of nitrogens with zero attached hydrogens (tertiary/aromatic N) is 7. The smallest absolute Gasteiger partial charge is 0.181 e. The first-order chi connectivity index (χ1) is 19.0. The molecule has 0 bridgehead atoms. The fourth-order valence-electron chi connectivity index (χ4n) is 6.06. The van der Waals surface area contributed by atoms with Gasteiger partial charge in [0.05, 0.1) is 30.1 Å². The van der Waals surface area contributed by atoms with Crippen LogP contribution in [0.25, 0.3) is 33.7 Å². The summed E-state index contributed by atoms with van der Waals surface area (Å²) >= 11 is 0. The Labute approximate surface area is 227 Å². The summed E-state index contributed by atoms with van der Waals surface area (Å²) in [6.07, 6.45) is 6.19. The van der Waals surface area contributed by atoms with Gasteiger partial charge >= 0.3 is 0 Å². The van der Waals surface area contributed by atoms with E-state index in [9.17, 15) is 0 Å². The third kappa shape index (κ3) is 4.12. The van der Waals surface area contributed by atoms with Crippen molar-refractivity contribution >= 4 is 10.9 Å². The van der Waals surface area contributed by atoms with Crippen LogP contribution in [-0.4, -0.2) is 59.6 Å². The van der Waals surface area contributed by atoms with Crippen molar-refractivity contribution in [1.29, 1.82) is 0 Å². The van der Waals surface area contributed by atoms with E-state index in [0.29, 0.717) is 11.7 Å². The molecule has 0 atom stereocenters. The van der Waals surface area contributed by atoms with Gasteiger partial charge in [-0.25, -0.2) is 9.97 Å². The fraction of sp³-hybridized carbons (Fsp3) is 0.400. The Hall–Kier alpha value is -3.98. The quantitative estimate of drug-likeness (QED) is 0.336. The minimum absolute atomic E-state index is 0.618. The van der Waals surface area contributed by atoms with Crippen LogP contribution >= 0.6 is 0 Å². The fourth-order valence-corrected chi connectivity index (χ4v) is 6.06. The SMILES string of the molecule is CCN1CCc2c(nc(-c3ccc(-c4nc(Cc5ccc6[nH]ncc6c5C5CC5)n(C)n4)cc3OC)n2C)C1. The van der Waals surface area contributed by atoms with Crippen molar-refractivity contribution in [3.05, 3.63) is 64.9 Å². The molecule has 0 spiro atoms. The Balaban J connectivity index is 1.20. The third-order valence-electron chi connectivity index (χ3n) is 8.43. The Bertz CT molecular complexity index is 1690. The zero-order valence-electron chi connectivity index (χ0n) is 23.0. The average molecular weight is 523 g/mol. The number of nitrogens with one attached hydrogen (secondary N) is 1.